The van der Waals surface area contributed by atoms with Crippen molar-refractivity contribution in [1.82, 2.24) is 9.97 Å². The maximum Gasteiger partial charge on any atom is 0.323 e. The molecule has 164 valence electrons. The standard InChI is InChI=1S/C25H27N5OS/c1-5-19-20(21-22(26)27-14-28-23(21)32-19)15-9-11-17(12-10-15)29-24(31)30-18-8-6-7-16(13-18)25(2,3)4/h6-14H,5H2,1-4H3,(H2,26,27,28)(H2,29,30,31). The van der Waals surface area contributed by atoms with E-state index in [1.54, 1.807) is 11.3 Å². The summed E-state index contributed by atoms with van der Waals surface area (Å²) in [5.41, 5.74) is 10.9. The molecule has 0 aliphatic heterocycles. The number of amides is 2. The van der Waals surface area contributed by atoms with Gasteiger partial charge in [-0.25, -0.2) is 14.8 Å². The van der Waals surface area contributed by atoms with Crippen molar-refractivity contribution in [1.29, 1.82) is 0 Å². The molecule has 0 aliphatic rings. The molecule has 2 amide bonds. The molecule has 4 N–H and O–H groups in total. The third kappa shape index (κ3) is 4.43. The van der Waals surface area contributed by atoms with Gasteiger partial charge >= 0.3 is 6.03 Å². The Morgan fingerprint density at radius 2 is 1.75 bits per heavy atom. The molecule has 0 aliphatic carbocycles. The van der Waals surface area contributed by atoms with Crippen molar-refractivity contribution in [2.75, 3.05) is 16.4 Å². The Labute approximate surface area is 191 Å². The number of benzene rings is 2. The third-order valence-electron chi connectivity index (χ3n) is 5.33. The summed E-state index contributed by atoms with van der Waals surface area (Å²) in [5.74, 6) is 0.486. The lowest BCUT2D eigenvalue weighted by atomic mass is 9.87. The molecule has 0 radical (unpaired) electrons. The van der Waals surface area contributed by atoms with Crippen molar-refractivity contribution in [3.05, 3.63) is 65.3 Å². The number of carbonyl (C=O) groups is 1. The van der Waals surface area contributed by atoms with Crippen LogP contribution in [-0.2, 0) is 11.8 Å². The van der Waals surface area contributed by atoms with Crippen LogP contribution in [0.1, 0.15) is 38.1 Å². The molecular formula is C25H27N5OS. The first kappa shape index (κ1) is 21.8. The molecule has 4 aromatic rings. The van der Waals surface area contributed by atoms with Crippen LogP contribution >= 0.6 is 11.3 Å². The van der Waals surface area contributed by atoms with E-state index in [-0.39, 0.29) is 11.4 Å². The number of rotatable bonds is 4. The molecule has 7 heteroatoms. The summed E-state index contributed by atoms with van der Waals surface area (Å²) in [7, 11) is 0. The largest absolute Gasteiger partial charge is 0.383 e. The van der Waals surface area contributed by atoms with Gasteiger partial charge in [0.1, 0.15) is 17.0 Å². The van der Waals surface area contributed by atoms with Crippen LogP contribution in [0.2, 0.25) is 0 Å². The number of nitrogens with zero attached hydrogens (tertiary/aromatic N) is 2. The van der Waals surface area contributed by atoms with E-state index in [9.17, 15) is 4.79 Å². The SMILES string of the molecule is CCc1sc2ncnc(N)c2c1-c1ccc(NC(=O)Nc2cccc(C(C)(C)C)c2)cc1. The number of anilines is 3. The topological polar surface area (TPSA) is 92.9 Å². The van der Waals surface area contributed by atoms with Gasteiger partial charge < -0.3 is 16.4 Å². The van der Waals surface area contributed by atoms with Crippen LogP contribution < -0.4 is 16.4 Å². The van der Waals surface area contributed by atoms with Crippen molar-refractivity contribution in [2.24, 2.45) is 0 Å². The van der Waals surface area contributed by atoms with E-state index >= 15 is 0 Å². The van der Waals surface area contributed by atoms with E-state index in [0.29, 0.717) is 11.5 Å². The second-order valence-corrected chi connectivity index (χ2v) is 9.76. The molecule has 2 aromatic heterocycles. The monoisotopic (exact) mass is 445 g/mol. The molecule has 6 nitrogen and oxygen atoms in total. The minimum absolute atomic E-state index is 0.0155. The number of hydrogen-bond donors (Lipinski definition) is 3. The third-order valence-corrected chi connectivity index (χ3v) is 6.57. The summed E-state index contributed by atoms with van der Waals surface area (Å²) in [5, 5.41) is 6.71. The quantitative estimate of drug-likeness (QED) is 0.337. The highest BCUT2D eigenvalue weighted by Gasteiger charge is 2.17. The first-order valence-corrected chi connectivity index (χ1v) is 11.4. The maximum absolute atomic E-state index is 12.5. The van der Waals surface area contributed by atoms with Crippen LogP contribution in [0.25, 0.3) is 21.3 Å². The minimum Gasteiger partial charge on any atom is -0.383 e. The molecule has 32 heavy (non-hydrogen) atoms. The fraction of sp³-hybridized carbons (Fsp3) is 0.240. The lowest BCUT2D eigenvalue weighted by Gasteiger charge is -2.20. The van der Waals surface area contributed by atoms with Gasteiger partial charge in [0.15, 0.2) is 0 Å². The normalized spacial score (nSPS) is 11.5. The van der Waals surface area contributed by atoms with Gasteiger partial charge in [-0.1, -0.05) is 52.0 Å². The zero-order valence-electron chi connectivity index (χ0n) is 18.7. The van der Waals surface area contributed by atoms with Crippen molar-refractivity contribution < 1.29 is 4.79 Å². The van der Waals surface area contributed by atoms with Crippen molar-refractivity contribution in [3.63, 3.8) is 0 Å². The molecule has 0 atom stereocenters. The molecule has 0 unspecified atom stereocenters. The van der Waals surface area contributed by atoms with Crippen LogP contribution in [0.4, 0.5) is 22.0 Å². The van der Waals surface area contributed by atoms with Crippen LogP contribution in [0.15, 0.2) is 54.9 Å². The van der Waals surface area contributed by atoms with Crippen LogP contribution in [0, 0.1) is 0 Å². The highest BCUT2D eigenvalue weighted by molar-refractivity contribution is 7.19. The average Bonchev–Trinajstić information content (AvgIpc) is 3.14. The predicted octanol–water partition coefficient (Wildman–Crippen LogP) is 6.44. The second-order valence-electron chi connectivity index (χ2n) is 8.68. The Balaban J connectivity index is 1.53. The zero-order chi connectivity index (χ0) is 22.9. The summed E-state index contributed by atoms with van der Waals surface area (Å²) in [6, 6.07) is 15.4. The van der Waals surface area contributed by atoms with Gasteiger partial charge in [0.2, 0.25) is 0 Å². The van der Waals surface area contributed by atoms with E-state index in [1.165, 1.54) is 11.2 Å². The van der Waals surface area contributed by atoms with E-state index in [4.69, 9.17) is 5.73 Å². The van der Waals surface area contributed by atoms with Crippen molar-refractivity contribution in [3.8, 4) is 11.1 Å². The summed E-state index contributed by atoms with van der Waals surface area (Å²) >= 11 is 1.64. The van der Waals surface area contributed by atoms with Crippen molar-refractivity contribution >= 4 is 44.8 Å². The number of fused-ring (bicyclic) bond motifs is 1. The zero-order valence-corrected chi connectivity index (χ0v) is 19.5. The van der Waals surface area contributed by atoms with Gasteiger partial charge in [0.05, 0.1) is 5.39 Å². The van der Waals surface area contributed by atoms with Gasteiger partial charge in [0, 0.05) is 21.8 Å². The molecule has 2 heterocycles. The number of thiophene rings is 1. The Bertz CT molecular complexity index is 1270. The fourth-order valence-electron chi connectivity index (χ4n) is 3.63. The Hall–Kier alpha value is -3.45. The molecule has 0 saturated heterocycles. The molecule has 2 aromatic carbocycles. The number of aryl methyl sites for hydroxylation is 1. The molecule has 0 saturated carbocycles. The number of urea groups is 1. The van der Waals surface area contributed by atoms with Crippen molar-refractivity contribution in [2.45, 2.75) is 39.5 Å². The second kappa shape index (κ2) is 8.59. The Morgan fingerprint density at radius 3 is 2.44 bits per heavy atom. The Kier molecular flexibility index (Phi) is 5.84. The van der Waals surface area contributed by atoms with Gasteiger partial charge in [-0.05, 0) is 47.2 Å². The fourth-order valence-corrected chi connectivity index (χ4v) is 4.74. The highest BCUT2D eigenvalue weighted by Crippen LogP contribution is 2.40. The summed E-state index contributed by atoms with van der Waals surface area (Å²) in [6.45, 7) is 8.56. The minimum atomic E-state index is -0.281. The van der Waals surface area contributed by atoms with E-state index in [1.807, 2.05) is 42.5 Å². The van der Waals surface area contributed by atoms with Gasteiger partial charge in [-0.3, -0.25) is 0 Å². The average molecular weight is 446 g/mol. The number of nitrogen functional groups attached to an aromatic ring is 1. The predicted molar refractivity (Wildman–Crippen MR) is 134 cm³/mol. The van der Waals surface area contributed by atoms with Crippen LogP contribution in [-0.4, -0.2) is 16.0 Å². The number of aromatic nitrogens is 2. The first-order valence-electron chi connectivity index (χ1n) is 10.6. The van der Waals surface area contributed by atoms with Gasteiger partial charge in [-0.2, -0.15) is 0 Å². The number of hydrogen-bond acceptors (Lipinski definition) is 5. The van der Waals surface area contributed by atoms with Crippen LogP contribution in [0.3, 0.4) is 0 Å². The van der Waals surface area contributed by atoms with Gasteiger partial charge in [0.25, 0.3) is 0 Å². The highest BCUT2D eigenvalue weighted by atomic mass is 32.1. The summed E-state index contributed by atoms with van der Waals surface area (Å²) < 4.78 is 0. The lowest BCUT2D eigenvalue weighted by Crippen LogP contribution is -2.20. The molecule has 0 spiro atoms. The Morgan fingerprint density at radius 1 is 1.03 bits per heavy atom. The van der Waals surface area contributed by atoms with E-state index in [0.717, 1.165) is 39.0 Å². The first-order chi connectivity index (χ1) is 15.3. The summed E-state index contributed by atoms with van der Waals surface area (Å²) in [6.07, 6.45) is 2.38. The number of carbonyl (C=O) groups excluding carboxylic acids is 1. The molecule has 4 rings (SSSR count). The number of nitrogens with one attached hydrogen (secondary N) is 2. The van der Waals surface area contributed by atoms with E-state index < -0.39 is 0 Å². The number of nitrogens with two attached hydrogens (primary N) is 1. The smallest absolute Gasteiger partial charge is 0.323 e. The molecule has 0 fully saturated rings. The molecule has 0 bridgehead atoms. The van der Waals surface area contributed by atoms with E-state index in [2.05, 4.69) is 54.4 Å². The van der Waals surface area contributed by atoms with Crippen LogP contribution in [0.5, 0.6) is 0 Å². The van der Waals surface area contributed by atoms with Gasteiger partial charge in [-0.15, -0.1) is 11.3 Å². The molecular weight excluding hydrogens is 418 g/mol. The maximum atomic E-state index is 12.5. The summed E-state index contributed by atoms with van der Waals surface area (Å²) in [4.78, 5) is 23.2. The lowest BCUT2D eigenvalue weighted by molar-refractivity contribution is 0.262.